The summed E-state index contributed by atoms with van der Waals surface area (Å²) >= 11 is 1.69. The van der Waals surface area contributed by atoms with E-state index in [2.05, 4.69) is 24.3 Å². The number of thiophene rings is 1. The van der Waals surface area contributed by atoms with Gasteiger partial charge in [-0.05, 0) is 87.4 Å². The van der Waals surface area contributed by atoms with E-state index in [1.54, 1.807) is 39.8 Å². The average molecular weight is 525 g/mol. The second-order valence-corrected chi connectivity index (χ2v) is 9.90. The molecular formula is C30H36O6S. The van der Waals surface area contributed by atoms with Gasteiger partial charge in [-0.15, -0.1) is 11.3 Å². The molecule has 2 aromatic carbocycles. The first-order valence-electron chi connectivity index (χ1n) is 12.1. The van der Waals surface area contributed by atoms with Crippen LogP contribution in [0.3, 0.4) is 0 Å². The SMILES string of the molecule is COc1cc(/C=C/c2ccc(/C=C/c3cc(OC)c(OC(C)C)c(OC)c3)s2)cc(OC)c1OC(C)C. The fourth-order valence-corrected chi connectivity index (χ4v) is 4.42. The van der Waals surface area contributed by atoms with Crippen LogP contribution in [0.4, 0.5) is 0 Å². The third-order valence-corrected chi connectivity index (χ3v) is 6.22. The van der Waals surface area contributed by atoms with Crippen LogP contribution in [0.5, 0.6) is 34.5 Å². The van der Waals surface area contributed by atoms with Gasteiger partial charge in [0.2, 0.25) is 11.5 Å². The van der Waals surface area contributed by atoms with Crippen molar-refractivity contribution in [2.75, 3.05) is 28.4 Å². The van der Waals surface area contributed by atoms with E-state index in [1.807, 2.05) is 64.1 Å². The van der Waals surface area contributed by atoms with Crippen LogP contribution < -0.4 is 28.4 Å². The molecule has 0 radical (unpaired) electrons. The Morgan fingerprint density at radius 2 is 0.865 bits per heavy atom. The van der Waals surface area contributed by atoms with Crippen LogP contribution in [0, 0.1) is 0 Å². The third kappa shape index (κ3) is 7.46. The van der Waals surface area contributed by atoms with Crippen molar-refractivity contribution in [3.8, 4) is 34.5 Å². The first-order chi connectivity index (χ1) is 17.8. The van der Waals surface area contributed by atoms with Crippen molar-refractivity contribution in [2.24, 2.45) is 0 Å². The Kier molecular flexibility index (Phi) is 9.92. The van der Waals surface area contributed by atoms with Crippen LogP contribution in [-0.2, 0) is 0 Å². The topological polar surface area (TPSA) is 55.4 Å². The maximum absolute atomic E-state index is 5.89. The second-order valence-electron chi connectivity index (χ2n) is 8.75. The van der Waals surface area contributed by atoms with E-state index in [1.165, 1.54) is 0 Å². The molecule has 0 N–H and O–H groups in total. The number of hydrogen-bond acceptors (Lipinski definition) is 7. The molecule has 0 aliphatic heterocycles. The Labute approximate surface area is 224 Å². The molecule has 0 atom stereocenters. The van der Waals surface area contributed by atoms with E-state index >= 15 is 0 Å². The van der Waals surface area contributed by atoms with Crippen LogP contribution in [0.15, 0.2) is 36.4 Å². The van der Waals surface area contributed by atoms with Gasteiger partial charge in [0.05, 0.1) is 40.6 Å². The van der Waals surface area contributed by atoms with Crippen molar-refractivity contribution < 1.29 is 28.4 Å². The maximum Gasteiger partial charge on any atom is 0.203 e. The van der Waals surface area contributed by atoms with Gasteiger partial charge >= 0.3 is 0 Å². The largest absolute Gasteiger partial charge is 0.493 e. The molecule has 0 unspecified atom stereocenters. The summed E-state index contributed by atoms with van der Waals surface area (Å²) in [7, 11) is 6.51. The van der Waals surface area contributed by atoms with E-state index in [0.717, 1.165) is 20.9 Å². The van der Waals surface area contributed by atoms with E-state index in [0.29, 0.717) is 34.5 Å². The molecule has 0 saturated heterocycles. The summed E-state index contributed by atoms with van der Waals surface area (Å²) < 4.78 is 34.0. The summed E-state index contributed by atoms with van der Waals surface area (Å²) in [6.45, 7) is 7.88. The van der Waals surface area contributed by atoms with Gasteiger partial charge in [-0.3, -0.25) is 0 Å². The van der Waals surface area contributed by atoms with Crippen LogP contribution in [0.25, 0.3) is 24.3 Å². The second kappa shape index (κ2) is 13.1. The molecule has 0 amide bonds. The Bertz CT molecular complexity index is 1090. The number of methoxy groups -OCH3 is 4. The molecule has 3 aromatic rings. The third-order valence-electron chi connectivity index (χ3n) is 5.20. The molecule has 198 valence electrons. The molecule has 0 bridgehead atoms. The van der Waals surface area contributed by atoms with Crippen molar-refractivity contribution in [3.63, 3.8) is 0 Å². The molecule has 7 heteroatoms. The Morgan fingerprint density at radius 1 is 0.541 bits per heavy atom. The summed E-state index contributed by atoms with van der Waals surface area (Å²) in [4.78, 5) is 2.24. The summed E-state index contributed by atoms with van der Waals surface area (Å²) in [5.41, 5.74) is 1.91. The highest BCUT2D eigenvalue weighted by molar-refractivity contribution is 7.13. The fraction of sp³-hybridized carbons (Fsp3) is 0.333. The normalized spacial score (nSPS) is 11.5. The zero-order chi connectivity index (χ0) is 26.9. The van der Waals surface area contributed by atoms with Gasteiger partial charge in [0.15, 0.2) is 23.0 Å². The highest BCUT2D eigenvalue weighted by Crippen LogP contribution is 2.41. The molecule has 3 rings (SSSR count). The van der Waals surface area contributed by atoms with Crippen molar-refractivity contribution >= 4 is 35.6 Å². The highest BCUT2D eigenvalue weighted by atomic mass is 32.1. The minimum atomic E-state index is 0.00951. The maximum atomic E-state index is 5.89. The van der Waals surface area contributed by atoms with Gasteiger partial charge in [-0.1, -0.05) is 12.2 Å². The molecule has 0 saturated carbocycles. The van der Waals surface area contributed by atoms with Gasteiger partial charge in [-0.25, -0.2) is 0 Å². The number of rotatable bonds is 12. The molecule has 0 spiro atoms. The fourth-order valence-electron chi connectivity index (χ4n) is 3.60. The quantitative estimate of drug-likeness (QED) is 0.242. The van der Waals surface area contributed by atoms with Crippen molar-refractivity contribution in [1.29, 1.82) is 0 Å². The first-order valence-corrected chi connectivity index (χ1v) is 12.9. The molecule has 0 fully saturated rings. The smallest absolute Gasteiger partial charge is 0.203 e. The van der Waals surface area contributed by atoms with Gasteiger partial charge in [0.1, 0.15) is 0 Å². The van der Waals surface area contributed by atoms with E-state index < -0.39 is 0 Å². The highest BCUT2D eigenvalue weighted by Gasteiger charge is 2.16. The number of ether oxygens (including phenoxy) is 6. The Balaban J connectivity index is 1.80. The first kappa shape index (κ1) is 28.0. The molecule has 0 aliphatic rings. The lowest BCUT2D eigenvalue weighted by atomic mass is 10.1. The Morgan fingerprint density at radius 3 is 1.14 bits per heavy atom. The molecule has 6 nitrogen and oxygen atoms in total. The average Bonchev–Trinajstić information content (AvgIpc) is 3.34. The zero-order valence-corrected chi connectivity index (χ0v) is 23.6. The predicted octanol–water partition coefficient (Wildman–Crippen LogP) is 7.70. The van der Waals surface area contributed by atoms with E-state index in [9.17, 15) is 0 Å². The van der Waals surface area contributed by atoms with Gasteiger partial charge in [0, 0.05) is 9.75 Å². The summed E-state index contributed by atoms with van der Waals surface area (Å²) in [6, 6.07) is 12.0. The minimum absolute atomic E-state index is 0.00951. The van der Waals surface area contributed by atoms with Gasteiger partial charge in [0.25, 0.3) is 0 Å². The van der Waals surface area contributed by atoms with Crippen molar-refractivity contribution in [2.45, 2.75) is 39.9 Å². The van der Waals surface area contributed by atoms with Crippen LogP contribution in [0.1, 0.15) is 48.6 Å². The lowest BCUT2D eigenvalue weighted by Gasteiger charge is -2.17. The number of benzene rings is 2. The number of hydrogen-bond donors (Lipinski definition) is 0. The molecule has 0 aliphatic carbocycles. The van der Waals surface area contributed by atoms with Crippen LogP contribution in [-0.4, -0.2) is 40.6 Å². The predicted molar refractivity (Wildman–Crippen MR) is 153 cm³/mol. The lowest BCUT2D eigenvalue weighted by molar-refractivity contribution is 0.218. The molecule has 1 aromatic heterocycles. The molecule has 1 heterocycles. The van der Waals surface area contributed by atoms with E-state index in [4.69, 9.17) is 28.4 Å². The molecule has 37 heavy (non-hydrogen) atoms. The summed E-state index contributed by atoms with van der Waals surface area (Å²) in [5.74, 6) is 3.77. The summed E-state index contributed by atoms with van der Waals surface area (Å²) in [6.07, 6.45) is 8.23. The van der Waals surface area contributed by atoms with E-state index in [-0.39, 0.29) is 12.2 Å². The van der Waals surface area contributed by atoms with Gasteiger partial charge < -0.3 is 28.4 Å². The molecular weight excluding hydrogens is 488 g/mol. The standard InChI is InChI=1S/C30H36O6S/c1-19(2)35-29-25(31-5)15-21(16-26(29)32-6)9-11-23-13-14-24(37-23)12-10-22-17-27(33-7)30(36-20(3)4)28(18-22)34-8/h9-20H,1-8H3/b11-9+,12-10+. The Hall–Kier alpha value is -3.58. The van der Waals surface area contributed by atoms with Crippen LogP contribution >= 0.6 is 11.3 Å². The van der Waals surface area contributed by atoms with Crippen LogP contribution in [0.2, 0.25) is 0 Å². The van der Waals surface area contributed by atoms with Gasteiger partial charge in [-0.2, -0.15) is 0 Å². The monoisotopic (exact) mass is 524 g/mol. The van der Waals surface area contributed by atoms with Crippen molar-refractivity contribution in [1.82, 2.24) is 0 Å². The lowest BCUT2D eigenvalue weighted by Crippen LogP contribution is -2.08. The zero-order valence-electron chi connectivity index (χ0n) is 22.8. The van der Waals surface area contributed by atoms with Crippen molar-refractivity contribution in [3.05, 3.63) is 57.3 Å². The summed E-state index contributed by atoms with van der Waals surface area (Å²) in [5, 5.41) is 0. The minimum Gasteiger partial charge on any atom is -0.493 e.